The molecule has 3 aromatic heterocycles. The summed E-state index contributed by atoms with van der Waals surface area (Å²) in [6.07, 6.45) is 1.17. The average molecular weight is 671 g/mol. The summed E-state index contributed by atoms with van der Waals surface area (Å²) in [7, 11) is 0. The Morgan fingerprint density at radius 2 is 1.70 bits per heavy atom. The van der Waals surface area contributed by atoms with Crippen molar-refractivity contribution in [2.24, 2.45) is 0 Å². The number of aromatic nitrogens is 1. The van der Waals surface area contributed by atoms with Crippen molar-refractivity contribution in [3.8, 4) is 22.6 Å². The van der Waals surface area contributed by atoms with Gasteiger partial charge in [0.15, 0.2) is 11.4 Å². The number of furan rings is 2. The second-order valence-electron chi connectivity index (χ2n) is 8.29. The van der Waals surface area contributed by atoms with Crippen LogP contribution in [0.5, 0.6) is 0 Å². The van der Waals surface area contributed by atoms with Gasteiger partial charge in [-0.15, -0.1) is 18.2 Å². The molecule has 0 saturated heterocycles. The van der Waals surface area contributed by atoms with Crippen LogP contribution in [0.25, 0.3) is 55.6 Å². The van der Waals surface area contributed by atoms with Gasteiger partial charge in [0.05, 0.1) is 16.9 Å². The van der Waals surface area contributed by atoms with Crippen LogP contribution in [-0.2, 0) is 24.9 Å². The number of ketones is 1. The number of hydrogen-bond donors (Lipinski definition) is 1. The van der Waals surface area contributed by atoms with Gasteiger partial charge in [-0.05, 0) is 55.9 Å². The Morgan fingerprint density at radius 1 is 0.946 bits per heavy atom. The van der Waals surface area contributed by atoms with E-state index in [0.29, 0.717) is 11.3 Å². The molecule has 0 atom stereocenters. The van der Waals surface area contributed by atoms with Gasteiger partial charge in [0.1, 0.15) is 17.2 Å². The summed E-state index contributed by atoms with van der Waals surface area (Å²) in [5, 5.41) is 10.5. The molecule has 6 rings (SSSR count). The van der Waals surface area contributed by atoms with Gasteiger partial charge < -0.3 is 13.9 Å². The van der Waals surface area contributed by atoms with E-state index in [0.717, 1.165) is 44.3 Å². The average Bonchev–Trinajstić information content (AvgIpc) is 3.45. The topological polar surface area (TPSA) is 76.5 Å². The molecule has 6 aromatic rings. The molecular weight excluding hydrogens is 650 g/mol. The Hall–Kier alpha value is -4.06. The molecule has 0 fully saturated rings. The van der Waals surface area contributed by atoms with Crippen molar-refractivity contribution in [3.63, 3.8) is 0 Å². The van der Waals surface area contributed by atoms with E-state index in [4.69, 9.17) is 18.9 Å². The van der Waals surface area contributed by atoms with Crippen molar-refractivity contribution in [3.05, 3.63) is 103 Å². The zero-order valence-corrected chi connectivity index (χ0v) is 22.3. The van der Waals surface area contributed by atoms with Gasteiger partial charge in [-0.2, -0.15) is 0 Å². The first kappa shape index (κ1) is 26.0. The number of carbonyl (C=O) groups excluding carboxylic acids is 1. The van der Waals surface area contributed by atoms with Crippen LogP contribution in [0.1, 0.15) is 13.8 Å². The number of rotatable bonds is 3. The first-order valence-electron chi connectivity index (χ1n) is 11.3. The largest absolute Gasteiger partial charge is 0.512 e. The Balaban J connectivity index is 0.000000356. The Kier molecular flexibility index (Phi) is 7.67. The van der Waals surface area contributed by atoms with Gasteiger partial charge in [-0.3, -0.25) is 9.78 Å². The third-order valence-corrected chi connectivity index (χ3v) is 5.51. The van der Waals surface area contributed by atoms with E-state index in [9.17, 15) is 9.18 Å². The summed E-state index contributed by atoms with van der Waals surface area (Å²) in [5.41, 5.74) is 5.37. The maximum atomic E-state index is 13.2. The van der Waals surface area contributed by atoms with Crippen molar-refractivity contribution in [2.75, 3.05) is 0 Å². The van der Waals surface area contributed by atoms with Crippen LogP contribution in [0.2, 0.25) is 0 Å². The van der Waals surface area contributed by atoms with Crippen LogP contribution in [0.4, 0.5) is 4.39 Å². The molecular formula is C30H21FIrNO4-. The number of carbonyl (C=O) groups is 1. The molecule has 1 radical (unpaired) electrons. The predicted molar refractivity (Wildman–Crippen MR) is 138 cm³/mol. The number of allylic oxidation sites excluding steroid dienone is 2. The van der Waals surface area contributed by atoms with E-state index in [2.05, 4.69) is 6.07 Å². The fourth-order valence-corrected chi connectivity index (χ4v) is 3.99. The van der Waals surface area contributed by atoms with Crippen LogP contribution in [-0.4, -0.2) is 15.9 Å². The molecule has 0 saturated carbocycles. The molecule has 0 aliphatic carbocycles. The molecule has 0 aliphatic rings. The van der Waals surface area contributed by atoms with Crippen molar-refractivity contribution in [1.82, 2.24) is 4.98 Å². The first-order chi connectivity index (χ1) is 17.4. The Morgan fingerprint density at radius 3 is 2.41 bits per heavy atom. The molecule has 1 N–H and O–H groups in total. The monoisotopic (exact) mass is 671 g/mol. The fourth-order valence-electron chi connectivity index (χ4n) is 3.99. The summed E-state index contributed by atoms with van der Waals surface area (Å²) in [6.45, 7) is 2.85. The number of benzene rings is 3. The smallest absolute Gasteiger partial charge is 0.155 e. The van der Waals surface area contributed by atoms with Gasteiger partial charge in [-0.1, -0.05) is 35.2 Å². The predicted octanol–water partition coefficient (Wildman–Crippen LogP) is 8.04. The second kappa shape index (κ2) is 10.9. The van der Waals surface area contributed by atoms with E-state index >= 15 is 0 Å². The van der Waals surface area contributed by atoms with E-state index in [-0.39, 0.29) is 37.5 Å². The quantitative estimate of drug-likeness (QED) is 0.117. The molecule has 5 nitrogen and oxygen atoms in total. The molecule has 0 amide bonds. The number of aliphatic hydroxyl groups is 1. The van der Waals surface area contributed by atoms with E-state index in [1.165, 1.54) is 32.1 Å². The van der Waals surface area contributed by atoms with E-state index in [1.54, 1.807) is 12.1 Å². The Labute approximate surface area is 225 Å². The van der Waals surface area contributed by atoms with Crippen molar-refractivity contribution < 1.29 is 43.2 Å². The molecule has 0 unspecified atom stereocenters. The maximum absolute atomic E-state index is 13.2. The molecule has 7 heteroatoms. The molecule has 0 aliphatic heterocycles. The molecule has 37 heavy (non-hydrogen) atoms. The van der Waals surface area contributed by atoms with Crippen molar-refractivity contribution in [2.45, 2.75) is 13.8 Å². The van der Waals surface area contributed by atoms with E-state index in [1.807, 2.05) is 54.6 Å². The second-order valence-corrected chi connectivity index (χ2v) is 8.29. The van der Waals surface area contributed by atoms with Crippen LogP contribution in [0, 0.1) is 11.9 Å². The van der Waals surface area contributed by atoms with Gasteiger partial charge in [0, 0.05) is 43.2 Å². The zero-order valence-electron chi connectivity index (χ0n) is 19.9. The van der Waals surface area contributed by atoms with E-state index < -0.39 is 0 Å². The van der Waals surface area contributed by atoms with Gasteiger partial charge in [0.2, 0.25) is 0 Å². The minimum absolute atomic E-state index is 0. The summed E-state index contributed by atoms with van der Waals surface area (Å²) < 4.78 is 25.2. The molecule has 0 bridgehead atoms. The molecule has 3 aromatic carbocycles. The number of fused-ring (bicyclic) bond motifs is 4. The summed E-state index contributed by atoms with van der Waals surface area (Å²) in [5.74, 6) is 0.308. The third kappa shape index (κ3) is 5.53. The summed E-state index contributed by atoms with van der Waals surface area (Å²) >= 11 is 0. The maximum Gasteiger partial charge on any atom is 0.155 e. The standard InChI is InChI=1S/C25H13FNO2.C5H8O2.Ir/c26-16-10-8-15(9-11-16)24-14-21-23(28-24)13-12-20(27-21)19-6-3-5-18-17-4-1-2-7-22(17)29-25(18)19;1-4(6)3-5(2)7;/h1-5,7-14H;3,6H,1-2H3;/q-1;;/b;4-3-;. The van der Waals surface area contributed by atoms with Gasteiger partial charge in [0.25, 0.3) is 0 Å². The van der Waals surface area contributed by atoms with Crippen LogP contribution < -0.4 is 0 Å². The molecule has 0 spiro atoms. The number of nitrogens with zero attached hydrogens (tertiary/aromatic N) is 1. The van der Waals surface area contributed by atoms with Gasteiger partial charge >= 0.3 is 0 Å². The first-order valence-corrected chi connectivity index (χ1v) is 11.3. The minimum Gasteiger partial charge on any atom is -0.512 e. The fraction of sp³-hybridized carbons (Fsp3) is 0.0667. The molecule has 3 heterocycles. The number of para-hydroxylation sites is 1. The summed E-state index contributed by atoms with van der Waals surface area (Å²) in [4.78, 5) is 14.8. The Bertz CT molecular complexity index is 1750. The summed E-state index contributed by atoms with van der Waals surface area (Å²) in [6, 6.07) is 27.0. The number of hydrogen-bond acceptors (Lipinski definition) is 5. The normalized spacial score (nSPS) is 11.3. The minimum atomic E-state index is -0.278. The number of halogens is 1. The van der Waals surface area contributed by atoms with Crippen LogP contribution in [0.15, 0.2) is 99.5 Å². The number of aliphatic hydroxyl groups excluding tert-OH is 1. The van der Waals surface area contributed by atoms with Gasteiger partial charge in [-0.25, -0.2) is 4.39 Å². The molecule has 187 valence electrons. The van der Waals surface area contributed by atoms with Crippen LogP contribution >= 0.6 is 0 Å². The van der Waals surface area contributed by atoms with Crippen molar-refractivity contribution >= 4 is 38.8 Å². The zero-order chi connectivity index (χ0) is 25.2. The van der Waals surface area contributed by atoms with Crippen LogP contribution in [0.3, 0.4) is 0 Å². The SMILES string of the molecule is CC(=O)/C=C(/C)O.Fc1ccc(-c2cc3nc(-c4[c-]ccc5c4oc4ccccc45)ccc3o2)cc1.[Ir]. The third-order valence-electron chi connectivity index (χ3n) is 5.51. The van der Waals surface area contributed by atoms with Crippen molar-refractivity contribution in [1.29, 1.82) is 0 Å². The number of pyridine rings is 1.